The second-order valence-electron chi connectivity index (χ2n) is 6.44. The number of rotatable bonds is 10. The van der Waals surface area contributed by atoms with Gasteiger partial charge in [-0.15, -0.1) is 0 Å². The molecule has 0 bridgehead atoms. The summed E-state index contributed by atoms with van der Waals surface area (Å²) < 4.78 is 31.0. The van der Waals surface area contributed by atoms with Crippen molar-refractivity contribution in [1.29, 1.82) is 0 Å². The average Bonchev–Trinajstić information content (AvgIpc) is 3.08. The molecule has 1 aromatic heterocycles. The van der Waals surface area contributed by atoms with Crippen molar-refractivity contribution in [3.8, 4) is 0 Å². The lowest BCUT2D eigenvalue weighted by atomic mass is 10.1. The number of Topliss-reactive ketones (excluding diaryl/α,β-unsaturated/α-hetero) is 1. The molecule has 7 nitrogen and oxygen atoms in total. The predicted molar refractivity (Wildman–Crippen MR) is 104 cm³/mol. The fourth-order valence-electron chi connectivity index (χ4n) is 2.79. The number of esters is 1. The van der Waals surface area contributed by atoms with Crippen molar-refractivity contribution in [2.75, 3.05) is 12.4 Å². The minimum atomic E-state index is -3.55. The number of H-pyrrole nitrogens is 1. The minimum Gasteiger partial charge on any atom is -0.456 e. The number of aryl methyl sites for hydroxylation is 1. The number of fused-ring (bicyclic) bond motifs is 1. The first-order valence-electron chi connectivity index (χ1n) is 9.07. The summed E-state index contributed by atoms with van der Waals surface area (Å²) in [4.78, 5) is 27.6. The van der Waals surface area contributed by atoms with E-state index < -0.39 is 28.6 Å². The van der Waals surface area contributed by atoms with Crippen LogP contribution in [0.1, 0.15) is 49.5 Å². The molecule has 27 heavy (non-hydrogen) atoms. The Bertz CT molecular complexity index is 917. The molecule has 0 aliphatic rings. The number of para-hydroxylation sites is 1. The maximum Gasteiger partial charge on any atom is 0.324 e. The second-order valence-corrected chi connectivity index (χ2v) is 8.31. The standard InChI is InChI=1S/C19H26N2O5S/c1-4-6-10-27(24,25)21-13(3)19(23)26-12-17(22)16-11-20-18-14(5-2)8-7-9-15(16)18/h7-9,11,13,20-21H,4-6,10,12H2,1-3H3/t13-/m0/s1. The Balaban J connectivity index is 1.98. The lowest BCUT2D eigenvalue weighted by Gasteiger charge is -2.13. The van der Waals surface area contributed by atoms with E-state index in [9.17, 15) is 18.0 Å². The van der Waals surface area contributed by atoms with Crippen LogP contribution >= 0.6 is 0 Å². The molecule has 2 N–H and O–H groups in total. The quantitative estimate of drug-likeness (QED) is 0.476. The van der Waals surface area contributed by atoms with Gasteiger partial charge < -0.3 is 9.72 Å². The molecule has 1 heterocycles. The zero-order chi connectivity index (χ0) is 20.0. The van der Waals surface area contributed by atoms with E-state index in [2.05, 4.69) is 9.71 Å². The number of hydrogen-bond acceptors (Lipinski definition) is 5. The number of aromatic amines is 1. The topological polar surface area (TPSA) is 105 Å². The molecule has 2 aromatic rings. The number of unbranched alkanes of at least 4 members (excludes halogenated alkanes) is 1. The van der Waals surface area contributed by atoms with Gasteiger partial charge in [0.15, 0.2) is 6.61 Å². The van der Waals surface area contributed by atoms with Crippen molar-refractivity contribution in [2.24, 2.45) is 0 Å². The number of benzene rings is 1. The van der Waals surface area contributed by atoms with E-state index in [4.69, 9.17) is 4.74 Å². The Hall–Kier alpha value is -2.19. The van der Waals surface area contributed by atoms with Gasteiger partial charge in [0.1, 0.15) is 6.04 Å². The van der Waals surface area contributed by atoms with E-state index >= 15 is 0 Å². The Morgan fingerprint density at radius 1 is 1.26 bits per heavy atom. The molecule has 0 saturated carbocycles. The molecule has 148 valence electrons. The van der Waals surface area contributed by atoms with Gasteiger partial charge in [-0.3, -0.25) is 9.59 Å². The molecule has 0 spiro atoms. The van der Waals surface area contributed by atoms with Crippen LogP contribution in [-0.2, 0) is 26.0 Å². The van der Waals surface area contributed by atoms with Gasteiger partial charge in [0.2, 0.25) is 15.8 Å². The van der Waals surface area contributed by atoms with E-state index in [1.165, 1.54) is 6.92 Å². The molecular formula is C19H26N2O5S. The molecule has 0 aliphatic heterocycles. The van der Waals surface area contributed by atoms with Gasteiger partial charge in [-0.05, 0) is 25.3 Å². The number of hydrogen-bond donors (Lipinski definition) is 2. The summed E-state index contributed by atoms with van der Waals surface area (Å²) in [5.74, 6) is -1.17. The van der Waals surface area contributed by atoms with E-state index in [0.29, 0.717) is 12.0 Å². The van der Waals surface area contributed by atoms with Gasteiger partial charge in [-0.25, -0.2) is 13.1 Å². The molecule has 1 atom stereocenters. The van der Waals surface area contributed by atoms with Crippen LogP contribution in [0.15, 0.2) is 24.4 Å². The summed E-state index contributed by atoms with van der Waals surface area (Å²) in [5.41, 5.74) is 2.44. The highest BCUT2D eigenvalue weighted by molar-refractivity contribution is 7.89. The van der Waals surface area contributed by atoms with E-state index in [-0.39, 0.29) is 11.5 Å². The lowest BCUT2D eigenvalue weighted by Crippen LogP contribution is -2.41. The van der Waals surface area contributed by atoms with Crippen molar-refractivity contribution < 1.29 is 22.7 Å². The summed E-state index contributed by atoms with van der Waals surface area (Å²) in [6, 6.07) is 4.66. The van der Waals surface area contributed by atoms with Crippen LogP contribution < -0.4 is 4.72 Å². The van der Waals surface area contributed by atoms with Crippen LogP contribution in [0.4, 0.5) is 0 Å². The molecule has 0 saturated heterocycles. The monoisotopic (exact) mass is 394 g/mol. The van der Waals surface area contributed by atoms with Crippen molar-refractivity contribution in [3.05, 3.63) is 35.5 Å². The van der Waals surface area contributed by atoms with Crippen LogP contribution in [0.3, 0.4) is 0 Å². The van der Waals surface area contributed by atoms with Gasteiger partial charge in [-0.2, -0.15) is 0 Å². The number of carbonyl (C=O) groups excluding carboxylic acids is 2. The number of sulfonamides is 1. The molecule has 0 unspecified atom stereocenters. The zero-order valence-electron chi connectivity index (χ0n) is 15.9. The molecule has 8 heteroatoms. The van der Waals surface area contributed by atoms with E-state index in [0.717, 1.165) is 29.3 Å². The van der Waals surface area contributed by atoms with Gasteiger partial charge in [0.25, 0.3) is 0 Å². The molecule has 1 aromatic carbocycles. The third-order valence-corrected chi connectivity index (χ3v) is 5.84. The smallest absolute Gasteiger partial charge is 0.324 e. The highest BCUT2D eigenvalue weighted by atomic mass is 32.2. The van der Waals surface area contributed by atoms with Crippen LogP contribution in [0, 0.1) is 0 Å². The molecule has 0 aliphatic carbocycles. The Kier molecular flexibility index (Phi) is 7.15. The predicted octanol–water partition coefficient (Wildman–Crippen LogP) is 2.56. The van der Waals surface area contributed by atoms with E-state index in [1.54, 1.807) is 6.20 Å². The number of nitrogens with one attached hydrogen (secondary N) is 2. The van der Waals surface area contributed by atoms with Crippen molar-refractivity contribution in [2.45, 2.75) is 46.1 Å². The zero-order valence-corrected chi connectivity index (χ0v) is 16.7. The fraction of sp³-hybridized carbons (Fsp3) is 0.474. The van der Waals surface area contributed by atoms with Gasteiger partial charge >= 0.3 is 5.97 Å². The van der Waals surface area contributed by atoms with Gasteiger partial charge in [0, 0.05) is 22.7 Å². The molecule has 0 amide bonds. The number of aromatic nitrogens is 1. The summed E-state index contributed by atoms with van der Waals surface area (Å²) in [6.45, 7) is 4.87. The Labute approximate surface area is 159 Å². The Morgan fingerprint density at radius 3 is 2.67 bits per heavy atom. The summed E-state index contributed by atoms with van der Waals surface area (Å²) in [7, 11) is -3.55. The first-order valence-corrected chi connectivity index (χ1v) is 10.7. The van der Waals surface area contributed by atoms with Crippen molar-refractivity contribution in [1.82, 2.24) is 9.71 Å². The van der Waals surface area contributed by atoms with Crippen molar-refractivity contribution >= 4 is 32.7 Å². The van der Waals surface area contributed by atoms with Gasteiger partial charge in [-0.1, -0.05) is 38.5 Å². The highest BCUT2D eigenvalue weighted by Gasteiger charge is 2.22. The van der Waals surface area contributed by atoms with Crippen LogP contribution in [-0.4, -0.2) is 43.6 Å². The lowest BCUT2D eigenvalue weighted by molar-refractivity contribution is -0.144. The van der Waals surface area contributed by atoms with E-state index in [1.807, 2.05) is 32.0 Å². The van der Waals surface area contributed by atoms with Crippen LogP contribution in [0.25, 0.3) is 10.9 Å². The maximum absolute atomic E-state index is 12.4. The van der Waals surface area contributed by atoms with Crippen molar-refractivity contribution in [3.63, 3.8) is 0 Å². The minimum absolute atomic E-state index is 0.0465. The molecule has 2 rings (SSSR count). The summed E-state index contributed by atoms with van der Waals surface area (Å²) in [5, 5.41) is 0.781. The summed E-state index contributed by atoms with van der Waals surface area (Å²) in [6.07, 6.45) is 3.68. The first kappa shape index (κ1) is 21.1. The van der Waals surface area contributed by atoms with Gasteiger partial charge in [0.05, 0.1) is 5.75 Å². The third-order valence-electron chi connectivity index (χ3n) is 4.31. The number of ketones is 1. The largest absolute Gasteiger partial charge is 0.456 e. The fourth-order valence-corrected chi connectivity index (χ4v) is 4.21. The Morgan fingerprint density at radius 2 is 2.00 bits per heavy atom. The van der Waals surface area contributed by atoms with Crippen LogP contribution in [0.5, 0.6) is 0 Å². The number of ether oxygens (including phenoxy) is 1. The third kappa shape index (κ3) is 5.40. The molecule has 0 radical (unpaired) electrons. The van der Waals surface area contributed by atoms with Crippen LogP contribution in [0.2, 0.25) is 0 Å². The highest BCUT2D eigenvalue weighted by Crippen LogP contribution is 2.22. The molecule has 0 fully saturated rings. The normalized spacial score (nSPS) is 12.9. The average molecular weight is 394 g/mol. The SMILES string of the molecule is CCCCS(=O)(=O)N[C@@H](C)C(=O)OCC(=O)c1c[nH]c2c(CC)cccc12. The molecular weight excluding hydrogens is 368 g/mol. The number of carbonyl (C=O) groups is 2. The maximum atomic E-state index is 12.4. The first-order chi connectivity index (χ1) is 12.8. The second kappa shape index (κ2) is 9.14. The summed E-state index contributed by atoms with van der Waals surface area (Å²) >= 11 is 0.